The highest BCUT2D eigenvalue weighted by Gasteiger charge is 2.32. The summed E-state index contributed by atoms with van der Waals surface area (Å²) in [5, 5.41) is 12.2. The van der Waals surface area contributed by atoms with Crippen LogP contribution in [0.1, 0.15) is 12.0 Å². The zero-order valence-electron chi connectivity index (χ0n) is 12.4. The van der Waals surface area contributed by atoms with Crippen molar-refractivity contribution >= 4 is 5.91 Å². The molecular formula is C15H20F2N2O3. The lowest BCUT2D eigenvalue weighted by atomic mass is 10.1. The minimum Gasteiger partial charge on any atom is -0.395 e. The zero-order chi connectivity index (χ0) is 16.1. The summed E-state index contributed by atoms with van der Waals surface area (Å²) >= 11 is 0. The first-order valence-electron chi connectivity index (χ1n) is 7.11. The molecule has 0 spiro atoms. The highest BCUT2D eigenvalue weighted by atomic mass is 19.2. The highest BCUT2D eigenvalue weighted by molar-refractivity contribution is 5.77. The van der Waals surface area contributed by atoms with Crippen molar-refractivity contribution in [2.24, 2.45) is 0 Å². The van der Waals surface area contributed by atoms with Crippen molar-refractivity contribution in [3.8, 4) is 0 Å². The van der Waals surface area contributed by atoms with Gasteiger partial charge >= 0.3 is 0 Å². The molecular weight excluding hydrogens is 294 g/mol. The number of likely N-dealkylation sites (tertiary alicyclic amines) is 1. The first-order chi connectivity index (χ1) is 10.5. The molecule has 1 aliphatic heterocycles. The van der Waals surface area contributed by atoms with Crippen LogP contribution in [-0.4, -0.2) is 54.9 Å². The second-order valence-electron chi connectivity index (χ2n) is 5.41. The van der Waals surface area contributed by atoms with Crippen LogP contribution >= 0.6 is 0 Å². The summed E-state index contributed by atoms with van der Waals surface area (Å²) in [6, 6.07) is 3.70. The molecule has 1 aromatic carbocycles. The van der Waals surface area contributed by atoms with Gasteiger partial charge < -0.3 is 15.2 Å². The summed E-state index contributed by atoms with van der Waals surface area (Å²) in [5.41, 5.74) is 0.238. The Morgan fingerprint density at radius 1 is 1.50 bits per heavy atom. The summed E-state index contributed by atoms with van der Waals surface area (Å²) in [5.74, 6) is -1.99. The van der Waals surface area contributed by atoms with Crippen LogP contribution in [-0.2, 0) is 16.1 Å². The molecule has 122 valence electrons. The Hall–Kier alpha value is -1.57. The maximum atomic E-state index is 13.7. The van der Waals surface area contributed by atoms with Crippen LogP contribution in [0.15, 0.2) is 18.2 Å². The molecule has 22 heavy (non-hydrogen) atoms. The molecule has 2 rings (SSSR count). The lowest BCUT2D eigenvalue weighted by Gasteiger charge is -2.22. The number of hydrogen-bond acceptors (Lipinski definition) is 4. The van der Waals surface area contributed by atoms with Crippen molar-refractivity contribution in [1.29, 1.82) is 0 Å². The van der Waals surface area contributed by atoms with Crippen molar-refractivity contribution in [3.05, 3.63) is 35.4 Å². The number of benzene rings is 1. The van der Waals surface area contributed by atoms with Crippen molar-refractivity contribution in [2.75, 3.05) is 26.9 Å². The maximum absolute atomic E-state index is 13.7. The molecule has 1 fully saturated rings. The molecule has 0 unspecified atom stereocenters. The van der Waals surface area contributed by atoms with Gasteiger partial charge in [0.2, 0.25) is 5.91 Å². The Kier molecular flexibility index (Phi) is 5.82. The van der Waals surface area contributed by atoms with E-state index >= 15 is 0 Å². The number of amides is 1. The molecule has 0 aliphatic carbocycles. The Labute approximate surface area is 127 Å². The quantitative estimate of drug-likeness (QED) is 0.810. The number of halogens is 2. The van der Waals surface area contributed by atoms with E-state index in [2.05, 4.69) is 5.32 Å². The molecule has 1 amide bonds. The summed E-state index contributed by atoms with van der Waals surface area (Å²) in [6.07, 6.45) is 0.558. The Bertz CT molecular complexity index is 528. The SMILES string of the molecule is COCC(=O)N[C@H]1C[C@@H](CO)N(Cc2cccc(F)c2F)C1. The zero-order valence-corrected chi connectivity index (χ0v) is 12.4. The topological polar surface area (TPSA) is 61.8 Å². The molecule has 2 N–H and O–H groups in total. The molecule has 0 radical (unpaired) electrons. The first-order valence-corrected chi connectivity index (χ1v) is 7.11. The van der Waals surface area contributed by atoms with E-state index in [0.29, 0.717) is 13.0 Å². The third-order valence-corrected chi connectivity index (χ3v) is 3.78. The van der Waals surface area contributed by atoms with Crippen molar-refractivity contribution in [1.82, 2.24) is 10.2 Å². The van der Waals surface area contributed by atoms with Crippen LogP contribution < -0.4 is 5.32 Å². The van der Waals surface area contributed by atoms with E-state index < -0.39 is 11.6 Å². The van der Waals surface area contributed by atoms with E-state index in [1.54, 1.807) is 0 Å². The van der Waals surface area contributed by atoms with Gasteiger partial charge in [0, 0.05) is 37.8 Å². The van der Waals surface area contributed by atoms with E-state index in [0.717, 1.165) is 6.07 Å². The van der Waals surface area contributed by atoms with Gasteiger partial charge in [-0.15, -0.1) is 0 Å². The maximum Gasteiger partial charge on any atom is 0.246 e. The molecule has 1 aromatic rings. The van der Waals surface area contributed by atoms with Gasteiger partial charge in [0.05, 0.1) is 6.61 Å². The Morgan fingerprint density at radius 2 is 2.27 bits per heavy atom. The summed E-state index contributed by atoms with van der Waals surface area (Å²) in [6.45, 7) is 0.522. The second kappa shape index (κ2) is 7.62. The second-order valence-corrected chi connectivity index (χ2v) is 5.41. The third-order valence-electron chi connectivity index (χ3n) is 3.78. The molecule has 0 bridgehead atoms. The van der Waals surface area contributed by atoms with E-state index in [-0.39, 0.29) is 43.3 Å². The summed E-state index contributed by atoms with van der Waals surface area (Å²) in [7, 11) is 1.43. The number of aliphatic hydroxyl groups excluding tert-OH is 1. The number of rotatable bonds is 6. The molecule has 1 aliphatic rings. The predicted molar refractivity (Wildman–Crippen MR) is 76.1 cm³/mol. The fourth-order valence-electron chi connectivity index (χ4n) is 2.76. The first kappa shape index (κ1) is 16.8. The lowest BCUT2D eigenvalue weighted by Crippen LogP contribution is -2.38. The molecule has 2 atom stereocenters. The average Bonchev–Trinajstić information content (AvgIpc) is 2.85. The van der Waals surface area contributed by atoms with Crippen LogP contribution in [0.3, 0.4) is 0 Å². The molecule has 0 saturated carbocycles. The van der Waals surface area contributed by atoms with Gasteiger partial charge in [-0.2, -0.15) is 0 Å². The van der Waals surface area contributed by atoms with Gasteiger partial charge in [0.1, 0.15) is 6.61 Å². The third kappa shape index (κ3) is 4.00. The van der Waals surface area contributed by atoms with Crippen molar-refractivity contribution < 1.29 is 23.4 Å². The Balaban J connectivity index is 2.01. The largest absolute Gasteiger partial charge is 0.395 e. The van der Waals surface area contributed by atoms with Crippen molar-refractivity contribution in [3.63, 3.8) is 0 Å². The van der Waals surface area contributed by atoms with E-state index in [1.165, 1.54) is 19.2 Å². The van der Waals surface area contributed by atoms with Gasteiger partial charge in [-0.25, -0.2) is 8.78 Å². The number of nitrogens with zero attached hydrogens (tertiary/aromatic N) is 1. The predicted octanol–water partition coefficient (Wildman–Crippen LogP) is 0.663. The summed E-state index contributed by atoms with van der Waals surface area (Å²) in [4.78, 5) is 13.4. The van der Waals surface area contributed by atoms with Gasteiger partial charge in [-0.3, -0.25) is 9.69 Å². The van der Waals surface area contributed by atoms with Crippen LogP contribution in [0.25, 0.3) is 0 Å². The monoisotopic (exact) mass is 314 g/mol. The van der Waals surface area contributed by atoms with E-state index in [4.69, 9.17) is 4.74 Å². The van der Waals surface area contributed by atoms with Gasteiger partial charge in [0.25, 0.3) is 0 Å². The summed E-state index contributed by atoms with van der Waals surface area (Å²) < 4.78 is 31.7. The minimum atomic E-state index is -0.887. The fraction of sp³-hybridized carbons (Fsp3) is 0.533. The smallest absolute Gasteiger partial charge is 0.246 e. The van der Waals surface area contributed by atoms with Crippen molar-refractivity contribution in [2.45, 2.75) is 25.0 Å². The number of hydrogen-bond donors (Lipinski definition) is 2. The normalized spacial score (nSPS) is 22.0. The Morgan fingerprint density at radius 3 is 2.95 bits per heavy atom. The number of carbonyl (C=O) groups excluding carboxylic acids is 1. The molecule has 1 saturated heterocycles. The number of methoxy groups -OCH3 is 1. The average molecular weight is 314 g/mol. The number of carbonyl (C=O) groups is 1. The van der Waals surface area contributed by atoms with E-state index in [9.17, 15) is 18.7 Å². The van der Waals surface area contributed by atoms with Gasteiger partial charge in [-0.05, 0) is 12.5 Å². The van der Waals surface area contributed by atoms with Gasteiger partial charge in [0.15, 0.2) is 11.6 Å². The minimum absolute atomic E-state index is 0.0290. The lowest BCUT2D eigenvalue weighted by molar-refractivity contribution is -0.125. The number of aliphatic hydroxyl groups is 1. The molecule has 1 heterocycles. The number of ether oxygens (including phenoxy) is 1. The van der Waals surface area contributed by atoms with Gasteiger partial charge in [-0.1, -0.05) is 12.1 Å². The molecule has 0 aromatic heterocycles. The highest BCUT2D eigenvalue weighted by Crippen LogP contribution is 2.22. The van der Waals surface area contributed by atoms with Crippen LogP contribution in [0.4, 0.5) is 8.78 Å². The molecule has 5 nitrogen and oxygen atoms in total. The number of nitrogens with one attached hydrogen (secondary N) is 1. The molecule has 7 heteroatoms. The van der Waals surface area contributed by atoms with Crippen LogP contribution in [0, 0.1) is 11.6 Å². The standard InChI is InChI=1S/C15H20F2N2O3/c1-22-9-14(21)18-11-5-12(8-20)19(7-11)6-10-3-2-4-13(16)15(10)17/h2-4,11-12,20H,5-9H2,1H3,(H,18,21)/t11-,12-/m0/s1. The fourth-order valence-corrected chi connectivity index (χ4v) is 2.76. The van der Waals surface area contributed by atoms with Crippen LogP contribution in [0.5, 0.6) is 0 Å². The van der Waals surface area contributed by atoms with Crippen LogP contribution in [0.2, 0.25) is 0 Å². The van der Waals surface area contributed by atoms with E-state index in [1.807, 2.05) is 4.90 Å².